The third-order valence-corrected chi connectivity index (χ3v) is 2.83. The van der Waals surface area contributed by atoms with Crippen molar-refractivity contribution in [2.24, 2.45) is 0 Å². The molecule has 0 bridgehead atoms. The molecule has 14 heavy (non-hydrogen) atoms. The zero-order chi connectivity index (χ0) is 11.2. The van der Waals surface area contributed by atoms with Crippen LogP contribution in [0.1, 0.15) is 26.7 Å². The average molecular weight is 225 g/mol. The maximum atomic E-state index is 10.3. The maximum absolute atomic E-state index is 10.3. The quantitative estimate of drug-likeness (QED) is 0.420. The van der Waals surface area contributed by atoms with Crippen molar-refractivity contribution >= 4 is 10.1 Å². The van der Waals surface area contributed by atoms with Gasteiger partial charge in [-0.05, 0) is 26.3 Å². The maximum Gasteiger partial charge on any atom is 0.264 e. The van der Waals surface area contributed by atoms with E-state index < -0.39 is 15.7 Å². The Bertz CT molecular complexity index is 248. The summed E-state index contributed by atoms with van der Waals surface area (Å²) in [6.07, 6.45) is 0.983. The molecule has 5 nitrogen and oxygen atoms in total. The first-order chi connectivity index (χ1) is 6.27. The minimum Gasteiger partial charge on any atom is -0.389 e. The van der Waals surface area contributed by atoms with Crippen molar-refractivity contribution in [1.82, 2.24) is 5.32 Å². The minimum atomic E-state index is -3.85. The number of aliphatic hydroxyl groups is 1. The van der Waals surface area contributed by atoms with Gasteiger partial charge in [0.1, 0.15) is 0 Å². The second kappa shape index (κ2) is 5.65. The lowest BCUT2D eigenvalue weighted by molar-refractivity contribution is 0.0561. The van der Waals surface area contributed by atoms with Crippen molar-refractivity contribution in [1.29, 1.82) is 0 Å². The van der Waals surface area contributed by atoms with E-state index in [0.29, 0.717) is 25.9 Å². The molecular weight excluding hydrogens is 206 g/mol. The molecule has 86 valence electrons. The second-order valence-corrected chi connectivity index (χ2v) is 5.24. The summed E-state index contributed by atoms with van der Waals surface area (Å²) in [7, 11) is -3.85. The van der Waals surface area contributed by atoms with Gasteiger partial charge >= 0.3 is 0 Å². The molecule has 0 aromatic carbocycles. The van der Waals surface area contributed by atoms with Gasteiger partial charge in [-0.25, -0.2) is 0 Å². The van der Waals surface area contributed by atoms with Gasteiger partial charge in [0.15, 0.2) is 0 Å². The van der Waals surface area contributed by atoms with Gasteiger partial charge in [0, 0.05) is 6.54 Å². The molecule has 0 aliphatic carbocycles. The standard InChI is InChI=1S/C8H19NO4S/c1-3-8(2,10)7-9-5-4-6-14(11,12)13/h9-10H,3-7H2,1-2H3,(H,11,12,13). The molecule has 0 radical (unpaired) electrons. The SMILES string of the molecule is CCC(C)(O)CNCCCS(=O)(=O)O. The highest BCUT2D eigenvalue weighted by molar-refractivity contribution is 7.85. The van der Waals surface area contributed by atoms with Crippen molar-refractivity contribution in [3.05, 3.63) is 0 Å². The van der Waals surface area contributed by atoms with Gasteiger partial charge in [0.05, 0.1) is 11.4 Å². The monoisotopic (exact) mass is 225 g/mol. The first-order valence-electron chi connectivity index (χ1n) is 4.65. The summed E-state index contributed by atoms with van der Waals surface area (Å²) in [6.45, 7) is 4.48. The van der Waals surface area contributed by atoms with E-state index >= 15 is 0 Å². The molecule has 0 aliphatic rings. The van der Waals surface area contributed by atoms with E-state index in [-0.39, 0.29) is 5.75 Å². The van der Waals surface area contributed by atoms with E-state index in [1.165, 1.54) is 0 Å². The predicted octanol–water partition coefficient (Wildman–Crippen LogP) is 0.0149. The van der Waals surface area contributed by atoms with Gasteiger partial charge in [-0.2, -0.15) is 8.42 Å². The lowest BCUT2D eigenvalue weighted by Gasteiger charge is -2.21. The third-order valence-electron chi connectivity index (χ3n) is 2.02. The fraction of sp³-hybridized carbons (Fsp3) is 1.00. The molecule has 0 fully saturated rings. The molecule has 0 saturated carbocycles. The van der Waals surface area contributed by atoms with Gasteiger partial charge in [-0.1, -0.05) is 6.92 Å². The van der Waals surface area contributed by atoms with Crippen LogP contribution in [0.5, 0.6) is 0 Å². The van der Waals surface area contributed by atoms with Crippen LogP contribution in [-0.2, 0) is 10.1 Å². The van der Waals surface area contributed by atoms with Crippen LogP contribution in [0.3, 0.4) is 0 Å². The van der Waals surface area contributed by atoms with Crippen LogP contribution in [0.25, 0.3) is 0 Å². The summed E-state index contributed by atoms with van der Waals surface area (Å²) < 4.78 is 29.1. The number of hydrogen-bond donors (Lipinski definition) is 3. The van der Waals surface area contributed by atoms with E-state index in [1.807, 2.05) is 6.92 Å². The highest BCUT2D eigenvalue weighted by Gasteiger charge is 2.16. The van der Waals surface area contributed by atoms with Gasteiger partial charge in [-0.3, -0.25) is 4.55 Å². The highest BCUT2D eigenvalue weighted by atomic mass is 32.2. The van der Waals surface area contributed by atoms with Crippen molar-refractivity contribution < 1.29 is 18.1 Å². The zero-order valence-electron chi connectivity index (χ0n) is 8.65. The largest absolute Gasteiger partial charge is 0.389 e. The average Bonchev–Trinajstić information content (AvgIpc) is 2.01. The lowest BCUT2D eigenvalue weighted by atomic mass is 10.0. The molecule has 0 saturated heterocycles. The van der Waals surface area contributed by atoms with E-state index in [4.69, 9.17) is 4.55 Å². The molecular formula is C8H19NO4S. The van der Waals surface area contributed by atoms with Gasteiger partial charge in [0.2, 0.25) is 0 Å². The van der Waals surface area contributed by atoms with Crippen LogP contribution >= 0.6 is 0 Å². The highest BCUT2D eigenvalue weighted by Crippen LogP contribution is 2.05. The summed E-state index contributed by atoms with van der Waals surface area (Å²) in [5, 5.41) is 12.5. The Morgan fingerprint density at radius 2 is 2.00 bits per heavy atom. The van der Waals surface area contributed by atoms with Crippen molar-refractivity contribution in [3.8, 4) is 0 Å². The van der Waals surface area contributed by atoms with E-state index in [2.05, 4.69) is 5.32 Å². The van der Waals surface area contributed by atoms with Crippen LogP contribution in [0.4, 0.5) is 0 Å². The molecule has 0 spiro atoms. The number of rotatable bonds is 7. The van der Waals surface area contributed by atoms with Crippen LogP contribution in [-0.4, -0.2) is 42.5 Å². The molecule has 0 aromatic rings. The van der Waals surface area contributed by atoms with Crippen LogP contribution in [0.15, 0.2) is 0 Å². The Balaban J connectivity index is 3.49. The first-order valence-corrected chi connectivity index (χ1v) is 6.26. The van der Waals surface area contributed by atoms with Crippen molar-refractivity contribution in [2.75, 3.05) is 18.8 Å². The first kappa shape index (κ1) is 13.8. The predicted molar refractivity (Wildman–Crippen MR) is 54.8 cm³/mol. The van der Waals surface area contributed by atoms with E-state index in [9.17, 15) is 13.5 Å². The molecule has 6 heteroatoms. The Kier molecular flexibility index (Phi) is 5.58. The normalized spacial score (nSPS) is 16.6. The number of nitrogens with one attached hydrogen (secondary N) is 1. The lowest BCUT2D eigenvalue weighted by Crippen LogP contribution is -2.37. The van der Waals surface area contributed by atoms with Gasteiger partial charge in [-0.15, -0.1) is 0 Å². The zero-order valence-corrected chi connectivity index (χ0v) is 9.47. The summed E-state index contributed by atoms with van der Waals surface area (Å²) >= 11 is 0. The summed E-state index contributed by atoms with van der Waals surface area (Å²) in [5.41, 5.74) is -0.752. The number of hydrogen-bond acceptors (Lipinski definition) is 4. The Hall–Kier alpha value is -0.170. The third kappa shape index (κ3) is 8.43. The van der Waals surface area contributed by atoms with Gasteiger partial charge in [0.25, 0.3) is 10.1 Å². The van der Waals surface area contributed by atoms with Crippen molar-refractivity contribution in [2.45, 2.75) is 32.3 Å². The molecule has 0 aromatic heterocycles. The van der Waals surface area contributed by atoms with Crippen LogP contribution < -0.4 is 5.32 Å². The fourth-order valence-corrected chi connectivity index (χ4v) is 1.37. The molecule has 0 amide bonds. The minimum absolute atomic E-state index is 0.242. The van der Waals surface area contributed by atoms with Crippen LogP contribution in [0, 0.1) is 0 Å². The molecule has 1 unspecified atom stereocenters. The fourth-order valence-electron chi connectivity index (χ4n) is 0.862. The Morgan fingerprint density at radius 1 is 1.43 bits per heavy atom. The van der Waals surface area contributed by atoms with Crippen molar-refractivity contribution in [3.63, 3.8) is 0 Å². The molecule has 1 atom stereocenters. The summed E-state index contributed by atoms with van der Waals surface area (Å²) in [6, 6.07) is 0. The summed E-state index contributed by atoms with van der Waals surface area (Å²) in [5.74, 6) is -0.242. The second-order valence-electron chi connectivity index (χ2n) is 3.67. The smallest absolute Gasteiger partial charge is 0.264 e. The molecule has 0 heterocycles. The summed E-state index contributed by atoms with van der Waals surface area (Å²) in [4.78, 5) is 0. The molecule has 3 N–H and O–H groups in total. The van der Waals surface area contributed by atoms with E-state index in [0.717, 1.165) is 0 Å². The molecule has 0 rings (SSSR count). The Labute approximate surface area is 85.3 Å². The van der Waals surface area contributed by atoms with Crippen LogP contribution in [0.2, 0.25) is 0 Å². The van der Waals surface area contributed by atoms with E-state index in [1.54, 1.807) is 6.92 Å². The van der Waals surface area contributed by atoms with Gasteiger partial charge < -0.3 is 10.4 Å². The molecule has 0 aliphatic heterocycles. The topological polar surface area (TPSA) is 86.6 Å². The Morgan fingerprint density at radius 3 is 2.43 bits per heavy atom.